The predicted octanol–water partition coefficient (Wildman–Crippen LogP) is 8.18. The summed E-state index contributed by atoms with van der Waals surface area (Å²) in [6.45, 7) is 7.77. The minimum Gasteiger partial charge on any atom is -0.496 e. The molecule has 0 radical (unpaired) electrons. The van der Waals surface area contributed by atoms with E-state index < -0.39 is 11.6 Å². The van der Waals surface area contributed by atoms with Crippen LogP contribution in [-0.4, -0.2) is 30.6 Å². The predicted molar refractivity (Wildman–Crippen MR) is 150 cm³/mol. The maximum atomic E-state index is 13.6. The molecule has 37 heavy (non-hydrogen) atoms. The molecule has 2 aromatic heterocycles. The van der Waals surface area contributed by atoms with E-state index in [9.17, 15) is 4.79 Å². The zero-order valence-electron chi connectivity index (χ0n) is 20.7. The van der Waals surface area contributed by atoms with Gasteiger partial charge in [-0.25, -0.2) is 4.79 Å². The number of fused-ring (bicyclic) bond motifs is 2. The number of halogens is 4. The van der Waals surface area contributed by atoms with Gasteiger partial charge in [-0.15, -0.1) is 0 Å². The summed E-state index contributed by atoms with van der Waals surface area (Å²) >= 11 is 26.4. The molecule has 0 aliphatic carbocycles. The quantitative estimate of drug-likeness (QED) is 0.132. The van der Waals surface area contributed by atoms with Crippen LogP contribution in [0, 0.1) is 6.92 Å². The van der Waals surface area contributed by atoms with E-state index in [2.05, 4.69) is 18.7 Å². The van der Waals surface area contributed by atoms with Gasteiger partial charge < -0.3 is 18.8 Å². The summed E-state index contributed by atoms with van der Waals surface area (Å²) in [7, 11) is 1.59. The van der Waals surface area contributed by atoms with Crippen molar-refractivity contribution >= 4 is 63.6 Å². The first-order valence-corrected chi connectivity index (χ1v) is 13.3. The monoisotopic (exact) mass is 576 g/mol. The highest BCUT2D eigenvalue weighted by Crippen LogP contribution is 2.57. The Bertz CT molecular complexity index is 1560. The van der Waals surface area contributed by atoms with Gasteiger partial charge in [-0.3, -0.25) is 0 Å². The third kappa shape index (κ3) is 3.70. The lowest BCUT2D eigenvalue weighted by molar-refractivity contribution is 0.0229. The van der Waals surface area contributed by atoms with Crippen LogP contribution in [0.4, 0.5) is 5.69 Å². The van der Waals surface area contributed by atoms with Crippen LogP contribution in [0.3, 0.4) is 0 Å². The minimum atomic E-state index is -1.52. The normalized spacial score (nSPS) is 16.7. The van der Waals surface area contributed by atoms with Crippen molar-refractivity contribution in [2.75, 3.05) is 25.1 Å². The van der Waals surface area contributed by atoms with Gasteiger partial charge in [-0.1, -0.05) is 52.5 Å². The summed E-state index contributed by atoms with van der Waals surface area (Å²) in [6, 6.07) is 13.7. The summed E-state index contributed by atoms with van der Waals surface area (Å²) in [6.07, 6.45) is 1.91. The molecule has 1 aliphatic rings. The number of carbonyl (C=O) groups is 1. The topological polar surface area (TPSA) is 43.2 Å². The number of hydrogen-bond donors (Lipinski definition) is 0. The summed E-state index contributed by atoms with van der Waals surface area (Å²) < 4.78 is 14.3. The molecule has 0 N–H and O–H groups in total. The van der Waals surface area contributed by atoms with Gasteiger partial charge in [0.1, 0.15) is 5.75 Å². The van der Waals surface area contributed by atoms with Crippen molar-refractivity contribution in [2.45, 2.75) is 26.4 Å². The Labute approximate surface area is 235 Å². The zero-order valence-corrected chi connectivity index (χ0v) is 23.7. The van der Waals surface area contributed by atoms with Crippen LogP contribution < -0.4 is 9.64 Å². The molecule has 0 saturated heterocycles. The first kappa shape index (κ1) is 26.1. The fourth-order valence-electron chi connectivity index (χ4n) is 5.34. The van der Waals surface area contributed by atoms with Crippen molar-refractivity contribution in [3.63, 3.8) is 0 Å². The number of aryl methyl sites for hydroxylation is 1. The highest BCUT2D eigenvalue weighted by molar-refractivity contribution is 6.53. The highest BCUT2D eigenvalue weighted by Gasteiger charge is 2.55. The molecule has 1 unspecified atom stereocenters. The van der Waals surface area contributed by atoms with E-state index in [1.165, 1.54) is 0 Å². The Morgan fingerprint density at radius 1 is 0.973 bits per heavy atom. The van der Waals surface area contributed by atoms with Gasteiger partial charge in [0.25, 0.3) is 0 Å². The van der Waals surface area contributed by atoms with Crippen molar-refractivity contribution in [3.8, 4) is 5.75 Å². The van der Waals surface area contributed by atoms with Crippen LogP contribution >= 0.6 is 46.4 Å². The number of methoxy groups -OCH3 is 1. The Hall–Kier alpha value is -2.57. The molecule has 4 aromatic rings. The largest absolute Gasteiger partial charge is 0.496 e. The molecule has 3 heterocycles. The van der Waals surface area contributed by atoms with Crippen LogP contribution in [0.5, 0.6) is 5.75 Å². The van der Waals surface area contributed by atoms with Gasteiger partial charge >= 0.3 is 5.97 Å². The molecular weight excluding hydrogens is 554 g/mol. The number of esters is 1. The van der Waals surface area contributed by atoms with E-state index in [0.29, 0.717) is 22.6 Å². The third-order valence-electron chi connectivity index (χ3n) is 6.97. The smallest absolute Gasteiger partial charge is 0.341 e. The van der Waals surface area contributed by atoms with Crippen molar-refractivity contribution < 1.29 is 14.3 Å². The van der Waals surface area contributed by atoms with Crippen molar-refractivity contribution in [2.24, 2.45) is 0 Å². The molecule has 9 heteroatoms. The van der Waals surface area contributed by atoms with Crippen LogP contribution in [0.2, 0.25) is 20.1 Å². The minimum absolute atomic E-state index is 0.000388. The van der Waals surface area contributed by atoms with Crippen molar-refractivity contribution in [3.05, 3.63) is 96.7 Å². The number of cyclic esters (lactones) is 1. The van der Waals surface area contributed by atoms with Crippen LogP contribution in [-0.2, 0) is 10.3 Å². The summed E-state index contributed by atoms with van der Waals surface area (Å²) in [5, 5.41) is 0.139. The number of anilines is 1. The van der Waals surface area contributed by atoms with Crippen LogP contribution in [0.25, 0.3) is 5.52 Å². The Morgan fingerprint density at radius 2 is 1.68 bits per heavy atom. The Morgan fingerprint density at radius 3 is 2.35 bits per heavy atom. The third-order valence-corrected chi connectivity index (χ3v) is 8.77. The molecule has 5 rings (SSSR count). The van der Waals surface area contributed by atoms with E-state index in [4.69, 9.17) is 55.9 Å². The first-order chi connectivity index (χ1) is 17.7. The fraction of sp³-hybridized carbons (Fsp3) is 0.250. The number of rotatable bonds is 6. The lowest BCUT2D eigenvalue weighted by atomic mass is 9.80. The number of ether oxygens (including phenoxy) is 2. The van der Waals surface area contributed by atoms with Crippen LogP contribution in [0.1, 0.15) is 46.6 Å². The molecule has 1 aliphatic heterocycles. The lowest BCUT2D eigenvalue weighted by Gasteiger charge is -2.33. The second kappa shape index (κ2) is 9.63. The lowest BCUT2D eigenvalue weighted by Crippen LogP contribution is -2.33. The van der Waals surface area contributed by atoms with E-state index in [-0.39, 0.29) is 25.7 Å². The molecule has 0 spiro atoms. The number of pyridine rings is 1. The Balaban J connectivity index is 1.96. The maximum absolute atomic E-state index is 13.6. The Kier molecular flexibility index (Phi) is 6.78. The summed E-state index contributed by atoms with van der Waals surface area (Å²) in [4.78, 5) is 15.8. The second-order valence-electron chi connectivity index (χ2n) is 8.80. The average Bonchev–Trinajstić information content (AvgIpc) is 3.40. The molecule has 0 saturated carbocycles. The summed E-state index contributed by atoms with van der Waals surface area (Å²) in [5.74, 6) is -0.130. The highest BCUT2D eigenvalue weighted by atomic mass is 35.5. The van der Waals surface area contributed by atoms with E-state index in [1.807, 2.05) is 60.0 Å². The van der Waals surface area contributed by atoms with Gasteiger partial charge in [-0.2, -0.15) is 0 Å². The number of aromatic nitrogens is 1. The standard InChI is InChI=1S/C28H24Cl4N2O3/c1-5-33(6-2)16-10-11-18(19(14-16)36-4)28(26-15(3)13-17-9-7-8-12-34(17)26)21-20(27(35)37-28)22(29)24(31)25(32)23(21)30/h7-14H,5-6H2,1-4H3. The first-order valence-electron chi connectivity index (χ1n) is 11.8. The van der Waals surface area contributed by atoms with E-state index in [1.54, 1.807) is 7.11 Å². The van der Waals surface area contributed by atoms with Gasteiger partial charge in [0.05, 0.1) is 38.5 Å². The van der Waals surface area contributed by atoms with Crippen LogP contribution in [0.15, 0.2) is 48.7 Å². The van der Waals surface area contributed by atoms with E-state index >= 15 is 0 Å². The molecule has 0 amide bonds. The zero-order chi connectivity index (χ0) is 26.6. The van der Waals surface area contributed by atoms with Gasteiger partial charge in [-0.05, 0) is 56.7 Å². The average molecular weight is 578 g/mol. The van der Waals surface area contributed by atoms with E-state index in [0.717, 1.165) is 29.9 Å². The van der Waals surface area contributed by atoms with Gasteiger partial charge in [0, 0.05) is 47.7 Å². The van der Waals surface area contributed by atoms with Gasteiger partial charge in [0.15, 0.2) is 0 Å². The SMILES string of the molecule is CCN(CC)c1ccc(C2(c3c(C)cc4ccccn34)OC(=O)c3c(Cl)c(Cl)c(Cl)c(Cl)c32)c(OC)c1. The molecular formula is C28H24Cl4N2O3. The summed E-state index contributed by atoms with van der Waals surface area (Å²) in [5.41, 5.74) is 2.93. The molecule has 192 valence electrons. The number of nitrogens with zero attached hydrogens (tertiary/aromatic N) is 2. The fourth-order valence-corrected chi connectivity index (χ4v) is 6.40. The molecule has 0 bridgehead atoms. The second-order valence-corrected chi connectivity index (χ2v) is 10.3. The number of hydrogen-bond acceptors (Lipinski definition) is 4. The molecule has 0 fully saturated rings. The molecule has 5 nitrogen and oxygen atoms in total. The molecule has 1 atom stereocenters. The molecule has 2 aromatic carbocycles. The number of benzene rings is 2. The number of carbonyl (C=O) groups excluding carboxylic acids is 1. The van der Waals surface area contributed by atoms with Crippen molar-refractivity contribution in [1.82, 2.24) is 4.40 Å². The van der Waals surface area contributed by atoms with Crippen molar-refractivity contribution in [1.29, 1.82) is 0 Å². The maximum Gasteiger partial charge on any atom is 0.341 e. The van der Waals surface area contributed by atoms with Gasteiger partial charge in [0.2, 0.25) is 5.60 Å².